The third-order valence-corrected chi connectivity index (χ3v) is 2.37. The zero-order chi connectivity index (χ0) is 13.9. The SMILES string of the molecule is CCc1nn(C)cc1NC(C)C(=O)OC(C)(C)C. The molecule has 1 rings (SSSR count). The molecule has 0 aromatic carbocycles. The summed E-state index contributed by atoms with van der Waals surface area (Å²) >= 11 is 0. The Bertz CT molecular complexity index is 418. The van der Waals surface area contributed by atoms with E-state index in [0.29, 0.717) is 0 Å². The summed E-state index contributed by atoms with van der Waals surface area (Å²) in [5.74, 6) is -0.256. The Hall–Kier alpha value is -1.52. The number of carbonyl (C=O) groups excluding carboxylic acids is 1. The predicted molar refractivity (Wildman–Crippen MR) is 71.5 cm³/mol. The third-order valence-electron chi connectivity index (χ3n) is 2.37. The summed E-state index contributed by atoms with van der Waals surface area (Å²) in [5.41, 5.74) is 1.38. The Labute approximate surface area is 109 Å². The normalized spacial score (nSPS) is 13.2. The average Bonchev–Trinajstić information content (AvgIpc) is 2.56. The van der Waals surface area contributed by atoms with Crippen molar-refractivity contribution >= 4 is 11.7 Å². The van der Waals surface area contributed by atoms with Gasteiger partial charge in [0.1, 0.15) is 11.6 Å². The predicted octanol–water partition coefficient (Wildman–Crippen LogP) is 2.12. The molecule has 0 aliphatic heterocycles. The molecule has 1 aromatic rings. The largest absolute Gasteiger partial charge is 0.458 e. The Morgan fingerprint density at radius 1 is 1.56 bits per heavy atom. The lowest BCUT2D eigenvalue weighted by Crippen LogP contribution is -2.34. The van der Waals surface area contributed by atoms with Crippen LogP contribution >= 0.6 is 0 Å². The molecular weight excluding hydrogens is 230 g/mol. The van der Waals surface area contributed by atoms with E-state index in [1.54, 1.807) is 11.6 Å². The minimum absolute atomic E-state index is 0.256. The first-order chi connectivity index (χ1) is 8.23. The number of nitrogens with zero attached hydrogens (tertiary/aromatic N) is 2. The van der Waals surface area contributed by atoms with Crippen molar-refractivity contribution in [3.05, 3.63) is 11.9 Å². The van der Waals surface area contributed by atoms with E-state index >= 15 is 0 Å². The number of ether oxygens (including phenoxy) is 1. The van der Waals surface area contributed by atoms with E-state index in [1.807, 2.05) is 40.9 Å². The fourth-order valence-corrected chi connectivity index (χ4v) is 1.60. The van der Waals surface area contributed by atoms with E-state index in [4.69, 9.17) is 4.74 Å². The number of nitrogens with one attached hydrogen (secondary N) is 1. The molecule has 0 radical (unpaired) electrons. The molecule has 0 saturated heterocycles. The van der Waals surface area contributed by atoms with E-state index in [0.717, 1.165) is 17.8 Å². The van der Waals surface area contributed by atoms with Gasteiger partial charge >= 0.3 is 5.97 Å². The van der Waals surface area contributed by atoms with E-state index in [2.05, 4.69) is 10.4 Å². The van der Waals surface area contributed by atoms with Gasteiger partial charge in [0.2, 0.25) is 0 Å². The quantitative estimate of drug-likeness (QED) is 0.835. The molecule has 0 aliphatic carbocycles. The standard InChI is InChI=1S/C13H23N3O2/c1-7-10-11(8-16(6)15-10)14-9(2)12(17)18-13(3,4)5/h8-9,14H,7H2,1-6H3. The Morgan fingerprint density at radius 3 is 2.67 bits per heavy atom. The highest BCUT2D eigenvalue weighted by Crippen LogP contribution is 2.16. The minimum atomic E-state index is -0.463. The Kier molecular flexibility index (Phi) is 4.38. The van der Waals surface area contributed by atoms with Crippen LogP contribution in [0.2, 0.25) is 0 Å². The van der Waals surface area contributed by atoms with Gasteiger partial charge in [0.25, 0.3) is 0 Å². The molecule has 0 amide bonds. The first-order valence-corrected chi connectivity index (χ1v) is 6.25. The molecule has 102 valence electrons. The molecule has 0 fully saturated rings. The molecule has 1 atom stereocenters. The van der Waals surface area contributed by atoms with Crippen LogP contribution in [-0.2, 0) is 23.0 Å². The van der Waals surface area contributed by atoms with Gasteiger partial charge in [-0.25, -0.2) is 4.79 Å². The molecule has 0 spiro atoms. The summed E-state index contributed by atoms with van der Waals surface area (Å²) in [4.78, 5) is 11.9. The smallest absolute Gasteiger partial charge is 0.328 e. The number of carbonyl (C=O) groups is 1. The van der Waals surface area contributed by atoms with Crippen molar-refractivity contribution in [2.75, 3.05) is 5.32 Å². The van der Waals surface area contributed by atoms with Gasteiger partial charge in [-0.3, -0.25) is 4.68 Å². The van der Waals surface area contributed by atoms with Crippen LogP contribution in [0.5, 0.6) is 0 Å². The van der Waals surface area contributed by atoms with E-state index in [-0.39, 0.29) is 5.97 Å². The number of esters is 1. The summed E-state index contributed by atoms with van der Waals surface area (Å²) in [6, 6.07) is -0.390. The lowest BCUT2D eigenvalue weighted by atomic mass is 10.2. The van der Waals surface area contributed by atoms with E-state index < -0.39 is 11.6 Å². The van der Waals surface area contributed by atoms with Crippen molar-refractivity contribution in [1.29, 1.82) is 0 Å². The molecule has 5 heteroatoms. The maximum absolute atomic E-state index is 11.9. The van der Waals surface area contributed by atoms with Crippen molar-refractivity contribution in [1.82, 2.24) is 9.78 Å². The molecule has 1 heterocycles. The minimum Gasteiger partial charge on any atom is -0.458 e. The molecule has 18 heavy (non-hydrogen) atoms. The van der Waals surface area contributed by atoms with Crippen LogP contribution in [0.25, 0.3) is 0 Å². The second kappa shape index (κ2) is 5.42. The van der Waals surface area contributed by atoms with Gasteiger partial charge in [0.05, 0.1) is 11.4 Å². The lowest BCUT2D eigenvalue weighted by molar-refractivity contribution is -0.155. The van der Waals surface area contributed by atoms with Crippen LogP contribution in [0.15, 0.2) is 6.20 Å². The molecule has 1 N–H and O–H groups in total. The van der Waals surface area contributed by atoms with Crippen molar-refractivity contribution in [2.45, 2.75) is 52.7 Å². The molecule has 5 nitrogen and oxygen atoms in total. The van der Waals surface area contributed by atoms with Crippen molar-refractivity contribution < 1.29 is 9.53 Å². The highest BCUT2D eigenvalue weighted by atomic mass is 16.6. The molecule has 1 aromatic heterocycles. The highest BCUT2D eigenvalue weighted by Gasteiger charge is 2.22. The van der Waals surface area contributed by atoms with Crippen LogP contribution in [0.4, 0.5) is 5.69 Å². The van der Waals surface area contributed by atoms with Gasteiger partial charge < -0.3 is 10.1 Å². The van der Waals surface area contributed by atoms with Gasteiger partial charge in [0.15, 0.2) is 0 Å². The van der Waals surface area contributed by atoms with Gasteiger partial charge in [0, 0.05) is 13.2 Å². The maximum Gasteiger partial charge on any atom is 0.328 e. The molecule has 0 bridgehead atoms. The summed E-state index contributed by atoms with van der Waals surface area (Å²) in [5, 5.41) is 7.46. The second-order valence-corrected chi connectivity index (χ2v) is 5.42. The van der Waals surface area contributed by atoms with Crippen LogP contribution in [0.3, 0.4) is 0 Å². The maximum atomic E-state index is 11.9. The first-order valence-electron chi connectivity index (χ1n) is 6.25. The molecular formula is C13H23N3O2. The Morgan fingerprint density at radius 2 is 2.17 bits per heavy atom. The van der Waals surface area contributed by atoms with Crippen LogP contribution in [0.1, 0.15) is 40.3 Å². The number of hydrogen-bond acceptors (Lipinski definition) is 4. The average molecular weight is 253 g/mol. The fraction of sp³-hybridized carbons (Fsp3) is 0.692. The Balaban J connectivity index is 2.69. The van der Waals surface area contributed by atoms with E-state index in [9.17, 15) is 4.79 Å². The van der Waals surface area contributed by atoms with Crippen LogP contribution in [0, 0.1) is 0 Å². The zero-order valence-corrected chi connectivity index (χ0v) is 12.1. The van der Waals surface area contributed by atoms with Crippen molar-refractivity contribution in [2.24, 2.45) is 7.05 Å². The van der Waals surface area contributed by atoms with Gasteiger partial charge in [-0.2, -0.15) is 5.10 Å². The number of hydrogen-bond donors (Lipinski definition) is 1. The van der Waals surface area contributed by atoms with Crippen molar-refractivity contribution in [3.8, 4) is 0 Å². The molecule has 0 aliphatic rings. The zero-order valence-electron chi connectivity index (χ0n) is 12.1. The summed E-state index contributed by atoms with van der Waals surface area (Å²) < 4.78 is 7.06. The number of anilines is 1. The second-order valence-electron chi connectivity index (χ2n) is 5.42. The summed E-state index contributed by atoms with van der Waals surface area (Å²) in [6.45, 7) is 9.41. The van der Waals surface area contributed by atoms with Gasteiger partial charge in [-0.1, -0.05) is 6.92 Å². The van der Waals surface area contributed by atoms with Gasteiger partial charge in [-0.05, 0) is 34.1 Å². The first kappa shape index (κ1) is 14.5. The number of rotatable bonds is 4. The highest BCUT2D eigenvalue weighted by molar-refractivity contribution is 5.79. The van der Waals surface area contributed by atoms with Crippen LogP contribution in [-0.4, -0.2) is 27.4 Å². The monoisotopic (exact) mass is 253 g/mol. The summed E-state index contributed by atoms with van der Waals surface area (Å²) in [7, 11) is 1.86. The molecule has 0 saturated carbocycles. The van der Waals surface area contributed by atoms with Gasteiger partial charge in [-0.15, -0.1) is 0 Å². The topological polar surface area (TPSA) is 56.2 Å². The lowest BCUT2D eigenvalue weighted by Gasteiger charge is -2.23. The fourth-order valence-electron chi connectivity index (χ4n) is 1.60. The van der Waals surface area contributed by atoms with Crippen molar-refractivity contribution in [3.63, 3.8) is 0 Å². The number of aryl methyl sites for hydroxylation is 2. The number of aromatic nitrogens is 2. The van der Waals surface area contributed by atoms with Crippen LogP contribution < -0.4 is 5.32 Å². The van der Waals surface area contributed by atoms with E-state index in [1.165, 1.54) is 0 Å². The summed E-state index contributed by atoms with van der Waals surface area (Å²) in [6.07, 6.45) is 2.70. The third kappa shape index (κ3) is 4.05. The molecule has 1 unspecified atom stereocenters.